The smallest absolute Gasteiger partial charge is 0.0329 e. The van der Waals surface area contributed by atoms with Crippen molar-refractivity contribution in [3.05, 3.63) is 0 Å². The molecule has 2 aliphatic rings. The van der Waals surface area contributed by atoms with Crippen molar-refractivity contribution in [2.24, 2.45) is 11.7 Å². The van der Waals surface area contributed by atoms with Gasteiger partial charge in [-0.15, -0.1) is 0 Å². The second-order valence-electron chi connectivity index (χ2n) is 7.13. The Morgan fingerprint density at radius 3 is 2.40 bits per heavy atom. The zero-order chi connectivity index (χ0) is 14.4. The van der Waals surface area contributed by atoms with Crippen molar-refractivity contribution >= 4 is 0 Å². The number of hydrogen-bond donors (Lipinski definition) is 1. The highest BCUT2D eigenvalue weighted by molar-refractivity contribution is 4.95. The molecule has 1 saturated carbocycles. The van der Waals surface area contributed by atoms with Gasteiger partial charge in [0.1, 0.15) is 0 Å². The highest BCUT2D eigenvalue weighted by atomic mass is 15.2. The molecular formula is C17H35N3. The molecule has 1 aliphatic carbocycles. The molecule has 20 heavy (non-hydrogen) atoms. The lowest BCUT2D eigenvalue weighted by Crippen LogP contribution is -2.55. The Balaban J connectivity index is 1.80. The molecule has 2 fully saturated rings. The number of nitrogens with zero attached hydrogens (tertiary/aromatic N) is 2. The monoisotopic (exact) mass is 281 g/mol. The van der Waals surface area contributed by atoms with Crippen LogP contribution in [0, 0.1) is 5.92 Å². The van der Waals surface area contributed by atoms with Gasteiger partial charge in [-0.05, 0) is 64.6 Å². The molecule has 0 radical (unpaired) electrons. The van der Waals surface area contributed by atoms with E-state index in [-0.39, 0.29) is 0 Å². The molecule has 3 heteroatoms. The van der Waals surface area contributed by atoms with Crippen LogP contribution in [0.25, 0.3) is 0 Å². The Morgan fingerprint density at radius 2 is 1.85 bits per heavy atom. The van der Waals surface area contributed by atoms with Crippen LogP contribution in [0.15, 0.2) is 0 Å². The molecule has 0 atom stereocenters. The fourth-order valence-electron chi connectivity index (χ4n) is 4.19. The molecule has 0 aromatic heterocycles. The van der Waals surface area contributed by atoms with E-state index in [1.54, 1.807) is 0 Å². The predicted octanol–water partition coefficient (Wildman–Crippen LogP) is 2.70. The molecule has 2 N–H and O–H groups in total. The maximum Gasteiger partial charge on any atom is 0.0329 e. The molecule has 0 aromatic carbocycles. The lowest BCUT2D eigenvalue weighted by molar-refractivity contribution is 0.0563. The van der Waals surface area contributed by atoms with Gasteiger partial charge in [0, 0.05) is 25.2 Å². The van der Waals surface area contributed by atoms with Crippen LogP contribution in [0.3, 0.4) is 0 Å². The van der Waals surface area contributed by atoms with Crippen LogP contribution in [0.2, 0.25) is 0 Å². The predicted molar refractivity (Wildman–Crippen MR) is 87.0 cm³/mol. The third-order valence-electron chi connectivity index (χ3n) is 5.87. The zero-order valence-electron chi connectivity index (χ0n) is 13.7. The first kappa shape index (κ1) is 16.3. The van der Waals surface area contributed by atoms with Crippen molar-refractivity contribution in [3.63, 3.8) is 0 Å². The SMILES string of the molecule is CCCC1CCC(CN)(N(C)CCN2CCCC2)CC1. The van der Waals surface area contributed by atoms with Gasteiger partial charge in [0.15, 0.2) is 0 Å². The van der Waals surface area contributed by atoms with E-state index < -0.39 is 0 Å². The fraction of sp³-hybridized carbons (Fsp3) is 1.00. The number of hydrogen-bond acceptors (Lipinski definition) is 3. The van der Waals surface area contributed by atoms with Crippen molar-refractivity contribution in [3.8, 4) is 0 Å². The molecule has 118 valence electrons. The highest BCUT2D eigenvalue weighted by Crippen LogP contribution is 2.37. The minimum atomic E-state index is 0.296. The molecule has 3 nitrogen and oxygen atoms in total. The van der Waals surface area contributed by atoms with Crippen LogP contribution in [-0.4, -0.2) is 55.1 Å². The Bertz CT molecular complexity index is 265. The molecule has 2 rings (SSSR count). The third kappa shape index (κ3) is 3.96. The second-order valence-corrected chi connectivity index (χ2v) is 7.13. The summed E-state index contributed by atoms with van der Waals surface area (Å²) in [5.41, 5.74) is 6.48. The standard InChI is InChI=1S/C17H35N3/c1-3-6-16-7-9-17(15-18,10-8-16)19(2)13-14-20-11-4-5-12-20/h16H,3-15,18H2,1-2H3. The highest BCUT2D eigenvalue weighted by Gasteiger charge is 2.37. The topological polar surface area (TPSA) is 32.5 Å². The van der Waals surface area contributed by atoms with Crippen LogP contribution in [0.5, 0.6) is 0 Å². The van der Waals surface area contributed by atoms with E-state index in [0.29, 0.717) is 5.54 Å². The lowest BCUT2D eigenvalue weighted by Gasteiger charge is -2.46. The van der Waals surface area contributed by atoms with Gasteiger partial charge in [-0.3, -0.25) is 4.90 Å². The van der Waals surface area contributed by atoms with Crippen LogP contribution >= 0.6 is 0 Å². The van der Waals surface area contributed by atoms with Crippen molar-refractivity contribution in [1.82, 2.24) is 9.80 Å². The average molecular weight is 281 g/mol. The Kier molecular flexibility index (Phi) is 6.31. The van der Waals surface area contributed by atoms with Gasteiger partial charge in [0.2, 0.25) is 0 Å². The van der Waals surface area contributed by atoms with Gasteiger partial charge in [-0.2, -0.15) is 0 Å². The molecule has 1 saturated heterocycles. The third-order valence-corrected chi connectivity index (χ3v) is 5.87. The van der Waals surface area contributed by atoms with Crippen molar-refractivity contribution in [1.29, 1.82) is 0 Å². The molecular weight excluding hydrogens is 246 g/mol. The van der Waals surface area contributed by atoms with Crippen molar-refractivity contribution in [2.75, 3.05) is 39.8 Å². The minimum Gasteiger partial charge on any atom is -0.329 e. The average Bonchev–Trinajstić information content (AvgIpc) is 2.99. The summed E-state index contributed by atoms with van der Waals surface area (Å²) in [6.07, 6.45) is 10.9. The Morgan fingerprint density at radius 1 is 1.20 bits per heavy atom. The lowest BCUT2D eigenvalue weighted by atomic mass is 9.74. The first-order chi connectivity index (χ1) is 9.70. The fourth-order valence-corrected chi connectivity index (χ4v) is 4.19. The van der Waals surface area contributed by atoms with Crippen LogP contribution < -0.4 is 5.73 Å². The van der Waals surface area contributed by atoms with Gasteiger partial charge >= 0.3 is 0 Å². The summed E-state index contributed by atoms with van der Waals surface area (Å²) < 4.78 is 0. The van der Waals surface area contributed by atoms with Crippen molar-refractivity contribution < 1.29 is 0 Å². The normalized spacial score (nSPS) is 32.1. The van der Waals surface area contributed by atoms with E-state index in [1.807, 2.05) is 0 Å². The van der Waals surface area contributed by atoms with Crippen LogP contribution in [-0.2, 0) is 0 Å². The van der Waals surface area contributed by atoms with E-state index in [1.165, 1.54) is 77.5 Å². The first-order valence-corrected chi connectivity index (χ1v) is 8.84. The van der Waals surface area contributed by atoms with Gasteiger partial charge in [0.25, 0.3) is 0 Å². The summed E-state index contributed by atoms with van der Waals surface area (Å²) >= 11 is 0. The first-order valence-electron chi connectivity index (χ1n) is 8.84. The maximum atomic E-state index is 6.19. The molecule has 0 bridgehead atoms. The van der Waals surface area contributed by atoms with E-state index in [4.69, 9.17) is 5.73 Å². The number of likely N-dealkylation sites (N-methyl/N-ethyl adjacent to an activating group) is 1. The molecule has 0 amide bonds. The van der Waals surface area contributed by atoms with Gasteiger partial charge in [-0.25, -0.2) is 0 Å². The summed E-state index contributed by atoms with van der Waals surface area (Å²) in [7, 11) is 2.31. The van der Waals surface area contributed by atoms with Crippen LogP contribution in [0.4, 0.5) is 0 Å². The number of nitrogens with two attached hydrogens (primary N) is 1. The molecule has 0 aromatic rings. The van der Waals surface area contributed by atoms with Gasteiger partial charge in [-0.1, -0.05) is 19.8 Å². The van der Waals surface area contributed by atoms with Crippen molar-refractivity contribution in [2.45, 2.75) is 63.8 Å². The van der Waals surface area contributed by atoms with E-state index in [9.17, 15) is 0 Å². The van der Waals surface area contributed by atoms with E-state index in [0.717, 1.165) is 12.5 Å². The maximum absolute atomic E-state index is 6.19. The Labute approximate surface area is 125 Å². The quantitative estimate of drug-likeness (QED) is 0.779. The summed E-state index contributed by atoms with van der Waals surface area (Å²) in [5.74, 6) is 0.964. The van der Waals surface area contributed by atoms with Crippen LogP contribution in [0.1, 0.15) is 58.3 Å². The summed E-state index contributed by atoms with van der Waals surface area (Å²) in [6, 6.07) is 0. The number of likely N-dealkylation sites (tertiary alicyclic amines) is 1. The minimum absolute atomic E-state index is 0.296. The molecule has 1 aliphatic heterocycles. The summed E-state index contributed by atoms with van der Waals surface area (Å²) in [4.78, 5) is 5.21. The zero-order valence-corrected chi connectivity index (χ0v) is 13.7. The molecule has 0 spiro atoms. The number of rotatable bonds is 7. The molecule has 1 heterocycles. The largest absolute Gasteiger partial charge is 0.329 e. The van der Waals surface area contributed by atoms with Gasteiger partial charge < -0.3 is 10.6 Å². The molecule has 0 unspecified atom stereocenters. The van der Waals surface area contributed by atoms with E-state index >= 15 is 0 Å². The van der Waals surface area contributed by atoms with E-state index in [2.05, 4.69) is 23.8 Å². The second kappa shape index (κ2) is 7.77. The summed E-state index contributed by atoms with van der Waals surface area (Å²) in [6.45, 7) is 8.19. The Hall–Kier alpha value is -0.120. The van der Waals surface area contributed by atoms with Gasteiger partial charge in [0.05, 0.1) is 0 Å². The summed E-state index contributed by atoms with van der Waals surface area (Å²) in [5, 5.41) is 0.